The highest BCUT2D eigenvalue weighted by Gasteiger charge is 2.14. The third-order valence-corrected chi connectivity index (χ3v) is 6.45. The Balaban J connectivity index is 1.75. The standard InChI is InChI=1S/C20H26N2O4S2/c1-16-3-5-17(6-4-16)15-27-14-12-21-20(23)18-7-9-19(10-8-18)28(24,25)22-11-13-26-2/h3-10,22H,11-15H2,1-2H3,(H,21,23). The van der Waals surface area contributed by atoms with Crippen LogP contribution in [-0.2, 0) is 20.5 Å². The van der Waals surface area contributed by atoms with Gasteiger partial charge in [0.1, 0.15) is 0 Å². The molecule has 2 aromatic carbocycles. The van der Waals surface area contributed by atoms with E-state index in [4.69, 9.17) is 4.74 Å². The van der Waals surface area contributed by atoms with E-state index >= 15 is 0 Å². The average molecular weight is 423 g/mol. The number of thioether (sulfide) groups is 1. The van der Waals surface area contributed by atoms with Crippen LogP contribution in [0.15, 0.2) is 53.4 Å². The largest absolute Gasteiger partial charge is 0.383 e. The molecule has 2 aromatic rings. The van der Waals surface area contributed by atoms with Crippen LogP contribution >= 0.6 is 11.8 Å². The highest BCUT2D eigenvalue weighted by molar-refractivity contribution is 7.98. The van der Waals surface area contributed by atoms with Crippen LogP contribution in [-0.4, -0.2) is 46.9 Å². The summed E-state index contributed by atoms with van der Waals surface area (Å²) < 4.78 is 31.5. The van der Waals surface area contributed by atoms with E-state index in [1.54, 1.807) is 11.8 Å². The maximum atomic E-state index is 12.2. The number of carbonyl (C=O) groups is 1. The summed E-state index contributed by atoms with van der Waals surface area (Å²) in [5.74, 6) is 1.49. The zero-order valence-corrected chi connectivity index (χ0v) is 17.7. The van der Waals surface area contributed by atoms with Crippen LogP contribution in [0.1, 0.15) is 21.5 Å². The van der Waals surface area contributed by atoms with Gasteiger partial charge in [-0.2, -0.15) is 11.8 Å². The Labute approximate surface area is 171 Å². The lowest BCUT2D eigenvalue weighted by Crippen LogP contribution is -2.28. The molecule has 0 spiro atoms. The Morgan fingerprint density at radius 2 is 1.71 bits per heavy atom. The number of amides is 1. The summed E-state index contributed by atoms with van der Waals surface area (Å²) >= 11 is 1.75. The lowest BCUT2D eigenvalue weighted by molar-refractivity contribution is 0.0956. The minimum absolute atomic E-state index is 0.119. The van der Waals surface area contributed by atoms with Gasteiger partial charge in [-0.05, 0) is 36.8 Å². The number of hydrogen-bond donors (Lipinski definition) is 2. The molecule has 0 aliphatic carbocycles. The number of hydrogen-bond acceptors (Lipinski definition) is 5. The number of nitrogens with one attached hydrogen (secondary N) is 2. The highest BCUT2D eigenvalue weighted by Crippen LogP contribution is 2.13. The molecule has 0 aromatic heterocycles. The first kappa shape index (κ1) is 22.4. The van der Waals surface area contributed by atoms with Gasteiger partial charge in [0.25, 0.3) is 5.91 Å². The molecule has 0 radical (unpaired) electrons. The number of carbonyl (C=O) groups excluding carboxylic acids is 1. The third-order valence-electron chi connectivity index (χ3n) is 3.95. The van der Waals surface area contributed by atoms with Crippen LogP contribution < -0.4 is 10.0 Å². The summed E-state index contributed by atoms with van der Waals surface area (Å²) in [6.07, 6.45) is 0. The lowest BCUT2D eigenvalue weighted by Gasteiger charge is -2.08. The lowest BCUT2D eigenvalue weighted by atomic mass is 10.2. The smallest absolute Gasteiger partial charge is 0.251 e. The fourth-order valence-corrected chi connectivity index (χ4v) is 4.19. The molecular weight excluding hydrogens is 396 g/mol. The van der Waals surface area contributed by atoms with E-state index in [1.165, 1.54) is 42.5 Å². The number of methoxy groups -OCH3 is 1. The van der Waals surface area contributed by atoms with Crippen molar-refractivity contribution in [1.82, 2.24) is 10.0 Å². The van der Waals surface area contributed by atoms with Gasteiger partial charge in [0, 0.05) is 37.3 Å². The molecule has 2 rings (SSSR count). The Morgan fingerprint density at radius 3 is 2.36 bits per heavy atom. The maximum Gasteiger partial charge on any atom is 0.251 e. The van der Waals surface area contributed by atoms with Crippen molar-refractivity contribution in [3.8, 4) is 0 Å². The molecule has 0 saturated heterocycles. The summed E-state index contributed by atoms with van der Waals surface area (Å²) in [6, 6.07) is 14.3. The molecule has 0 bridgehead atoms. The van der Waals surface area contributed by atoms with Crippen LogP contribution in [0.4, 0.5) is 0 Å². The quantitative estimate of drug-likeness (QED) is 0.544. The van der Waals surface area contributed by atoms with Crippen molar-refractivity contribution in [2.45, 2.75) is 17.6 Å². The van der Waals surface area contributed by atoms with E-state index in [9.17, 15) is 13.2 Å². The number of rotatable bonds is 11. The minimum atomic E-state index is -3.59. The molecule has 28 heavy (non-hydrogen) atoms. The highest BCUT2D eigenvalue weighted by atomic mass is 32.2. The van der Waals surface area contributed by atoms with E-state index in [-0.39, 0.29) is 17.3 Å². The normalized spacial score (nSPS) is 11.4. The zero-order chi connectivity index (χ0) is 20.4. The predicted octanol–water partition coefficient (Wildman–Crippen LogP) is 2.58. The van der Waals surface area contributed by atoms with Gasteiger partial charge in [-0.3, -0.25) is 4.79 Å². The van der Waals surface area contributed by atoms with Crippen LogP contribution in [0, 0.1) is 6.92 Å². The van der Waals surface area contributed by atoms with Gasteiger partial charge in [0.05, 0.1) is 11.5 Å². The van der Waals surface area contributed by atoms with Crippen molar-refractivity contribution in [2.24, 2.45) is 0 Å². The van der Waals surface area contributed by atoms with Gasteiger partial charge in [-0.1, -0.05) is 29.8 Å². The topological polar surface area (TPSA) is 84.5 Å². The fourth-order valence-electron chi connectivity index (χ4n) is 2.36. The van der Waals surface area contributed by atoms with Crippen molar-refractivity contribution in [1.29, 1.82) is 0 Å². The molecule has 152 valence electrons. The summed E-state index contributed by atoms with van der Waals surface area (Å²) in [7, 11) is -2.09. The first-order valence-electron chi connectivity index (χ1n) is 8.92. The van der Waals surface area contributed by atoms with Gasteiger partial charge in [0.15, 0.2) is 0 Å². The number of ether oxygens (including phenoxy) is 1. The first-order valence-corrected chi connectivity index (χ1v) is 11.6. The second kappa shape index (κ2) is 11.2. The van der Waals surface area contributed by atoms with Crippen molar-refractivity contribution in [3.63, 3.8) is 0 Å². The fraction of sp³-hybridized carbons (Fsp3) is 0.350. The van der Waals surface area contributed by atoms with Crippen LogP contribution in [0.3, 0.4) is 0 Å². The molecule has 0 unspecified atom stereocenters. The molecule has 0 heterocycles. The van der Waals surface area contributed by atoms with Crippen molar-refractivity contribution in [2.75, 3.05) is 32.6 Å². The molecule has 0 aliphatic rings. The van der Waals surface area contributed by atoms with Gasteiger partial charge in [-0.15, -0.1) is 0 Å². The molecular formula is C20H26N2O4S2. The van der Waals surface area contributed by atoms with Crippen LogP contribution in [0.2, 0.25) is 0 Å². The molecule has 0 aliphatic heterocycles. The zero-order valence-electron chi connectivity index (χ0n) is 16.1. The summed E-state index contributed by atoms with van der Waals surface area (Å²) in [6.45, 7) is 3.10. The molecule has 2 N–H and O–H groups in total. The van der Waals surface area contributed by atoms with E-state index < -0.39 is 10.0 Å². The van der Waals surface area contributed by atoms with Gasteiger partial charge >= 0.3 is 0 Å². The van der Waals surface area contributed by atoms with Gasteiger partial charge in [0.2, 0.25) is 10.0 Å². The predicted molar refractivity (Wildman–Crippen MR) is 113 cm³/mol. The second-order valence-electron chi connectivity index (χ2n) is 6.21. The molecule has 0 saturated carbocycles. The molecule has 1 amide bonds. The molecule has 6 nitrogen and oxygen atoms in total. The molecule has 0 fully saturated rings. The summed E-state index contributed by atoms with van der Waals surface area (Å²) in [5.41, 5.74) is 2.93. The van der Waals surface area contributed by atoms with Gasteiger partial charge in [-0.25, -0.2) is 13.1 Å². The Kier molecular flexibility index (Phi) is 8.98. The molecule has 8 heteroatoms. The number of benzene rings is 2. The summed E-state index contributed by atoms with van der Waals surface area (Å²) in [5, 5.41) is 2.85. The SMILES string of the molecule is COCCNS(=O)(=O)c1ccc(C(=O)NCCSCc2ccc(C)cc2)cc1. The Bertz CT molecular complexity index is 851. The molecule has 0 atom stereocenters. The van der Waals surface area contributed by atoms with Crippen molar-refractivity contribution in [3.05, 3.63) is 65.2 Å². The average Bonchev–Trinajstić information content (AvgIpc) is 2.69. The van der Waals surface area contributed by atoms with Crippen molar-refractivity contribution < 1.29 is 17.9 Å². The van der Waals surface area contributed by atoms with E-state index in [2.05, 4.69) is 41.2 Å². The van der Waals surface area contributed by atoms with E-state index in [0.29, 0.717) is 18.7 Å². The maximum absolute atomic E-state index is 12.2. The van der Waals surface area contributed by atoms with E-state index in [0.717, 1.165) is 11.5 Å². The number of aryl methyl sites for hydroxylation is 1. The third kappa shape index (κ3) is 7.27. The van der Waals surface area contributed by atoms with Gasteiger partial charge < -0.3 is 10.1 Å². The Hall–Kier alpha value is -1.87. The number of sulfonamides is 1. The van der Waals surface area contributed by atoms with Crippen LogP contribution in [0.5, 0.6) is 0 Å². The summed E-state index contributed by atoms with van der Waals surface area (Å²) in [4.78, 5) is 12.3. The monoisotopic (exact) mass is 422 g/mol. The van der Waals surface area contributed by atoms with Crippen molar-refractivity contribution >= 4 is 27.7 Å². The first-order chi connectivity index (χ1) is 13.4. The minimum Gasteiger partial charge on any atom is -0.383 e. The van der Waals surface area contributed by atoms with E-state index in [1.807, 2.05) is 0 Å². The Morgan fingerprint density at radius 1 is 1.04 bits per heavy atom. The second-order valence-corrected chi connectivity index (χ2v) is 9.08. The van der Waals surface area contributed by atoms with Crippen LogP contribution in [0.25, 0.3) is 0 Å².